The Morgan fingerprint density at radius 3 is 2.36 bits per heavy atom. The number of benzene rings is 1. The smallest absolute Gasteiger partial charge is 0.258 e. The molecule has 1 N–H and O–H groups in total. The van der Waals surface area contributed by atoms with Crippen LogP contribution in [-0.2, 0) is 9.59 Å². The number of likely N-dealkylation sites (tertiary alicyclic amines) is 1. The lowest BCUT2D eigenvalue weighted by atomic mass is 10.1. The fraction of sp³-hybridized carbons (Fsp3) is 0.500. The molecule has 0 radical (unpaired) electrons. The van der Waals surface area contributed by atoms with Gasteiger partial charge in [0.15, 0.2) is 6.61 Å². The molecule has 0 unspecified atom stereocenters. The quantitative estimate of drug-likeness (QED) is 0.857. The number of nitrogens with zero attached hydrogens (tertiary/aromatic N) is 1. The van der Waals surface area contributed by atoms with Crippen LogP contribution >= 0.6 is 0 Å². The minimum atomic E-state index is -0.304. The predicted octanol–water partition coefficient (Wildman–Crippen LogP) is 1.20. The van der Waals surface area contributed by atoms with Crippen LogP contribution in [0.1, 0.15) is 19.3 Å². The number of hydrogen-bond donors (Lipinski definition) is 1. The third-order valence-electron chi connectivity index (χ3n) is 3.57. The summed E-state index contributed by atoms with van der Waals surface area (Å²) in [7, 11) is 1.59. The first-order chi connectivity index (χ1) is 10.7. The van der Waals surface area contributed by atoms with Gasteiger partial charge in [-0.3, -0.25) is 9.59 Å². The Morgan fingerprint density at radius 2 is 1.73 bits per heavy atom. The van der Waals surface area contributed by atoms with E-state index in [4.69, 9.17) is 9.47 Å². The zero-order valence-electron chi connectivity index (χ0n) is 12.8. The number of amides is 2. The van der Waals surface area contributed by atoms with E-state index in [0.717, 1.165) is 31.7 Å². The predicted molar refractivity (Wildman–Crippen MR) is 81.9 cm³/mol. The van der Waals surface area contributed by atoms with Gasteiger partial charge in [-0.2, -0.15) is 0 Å². The van der Waals surface area contributed by atoms with Crippen molar-refractivity contribution >= 4 is 11.8 Å². The molecule has 6 nitrogen and oxygen atoms in total. The highest BCUT2D eigenvalue weighted by Gasteiger charge is 2.16. The van der Waals surface area contributed by atoms with Gasteiger partial charge in [0.1, 0.15) is 11.5 Å². The number of nitrogens with one attached hydrogen (secondary N) is 1. The van der Waals surface area contributed by atoms with Gasteiger partial charge in [0.25, 0.3) is 5.91 Å². The van der Waals surface area contributed by atoms with Crippen LogP contribution < -0.4 is 14.8 Å². The zero-order valence-corrected chi connectivity index (χ0v) is 12.8. The fourth-order valence-electron chi connectivity index (χ4n) is 2.30. The molecule has 0 spiro atoms. The molecule has 1 aromatic rings. The number of carbonyl (C=O) groups excluding carboxylic acids is 2. The summed E-state index contributed by atoms with van der Waals surface area (Å²) in [6.45, 7) is 1.50. The molecular weight excluding hydrogens is 284 g/mol. The minimum Gasteiger partial charge on any atom is -0.497 e. The van der Waals surface area contributed by atoms with Crippen LogP contribution in [0.4, 0.5) is 0 Å². The average Bonchev–Trinajstić information content (AvgIpc) is 2.59. The van der Waals surface area contributed by atoms with Crippen LogP contribution in [0.3, 0.4) is 0 Å². The summed E-state index contributed by atoms with van der Waals surface area (Å²) >= 11 is 0. The van der Waals surface area contributed by atoms with Crippen LogP contribution in [0.5, 0.6) is 11.5 Å². The summed E-state index contributed by atoms with van der Waals surface area (Å²) in [5, 5.41) is 2.59. The van der Waals surface area contributed by atoms with Gasteiger partial charge in [-0.05, 0) is 43.5 Å². The van der Waals surface area contributed by atoms with Gasteiger partial charge < -0.3 is 19.7 Å². The maximum absolute atomic E-state index is 11.9. The molecule has 0 aromatic heterocycles. The molecule has 1 aliphatic rings. The van der Waals surface area contributed by atoms with E-state index < -0.39 is 0 Å². The normalized spacial score (nSPS) is 14.3. The highest BCUT2D eigenvalue weighted by molar-refractivity contribution is 5.85. The first kappa shape index (κ1) is 16.1. The van der Waals surface area contributed by atoms with Gasteiger partial charge in [0.2, 0.25) is 5.91 Å². The Kier molecular flexibility index (Phi) is 6.06. The highest BCUT2D eigenvalue weighted by Crippen LogP contribution is 2.16. The van der Waals surface area contributed by atoms with Crippen molar-refractivity contribution in [1.29, 1.82) is 0 Å². The second-order valence-electron chi connectivity index (χ2n) is 5.18. The first-order valence-electron chi connectivity index (χ1n) is 7.50. The number of carbonyl (C=O) groups is 2. The van der Waals surface area contributed by atoms with Gasteiger partial charge in [-0.15, -0.1) is 0 Å². The van der Waals surface area contributed by atoms with Crippen molar-refractivity contribution < 1.29 is 19.1 Å². The molecule has 0 atom stereocenters. The molecule has 2 amide bonds. The molecule has 1 heterocycles. The first-order valence-corrected chi connectivity index (χ1v) is 7.50. The maximum Gasteiger partial charge on any atom is 0.258 e. The van der Waals surface area contributed by atoms with Crippen LogP contribution in [-0.4, -0.2) is 50.1 Å². The van der Waals surface area contributed by atoms with Gasteiger partial charge in [-0.1, -0.05) is 0 Å². The molecule has 22 heavy (non-hydrogen) atoms. The lowest BCUT2D eigenvalue weighted by molar-refractivity contribution is -0.134. The molecule has 120 valence electrons. The average molecular weight is 306 g/mol. The highest BCUT2D eigenvalue weighted by atomic mass is 16.5. The van der Waals surface area contributed by atoms with Crippen LogP contribution in [0.2, 0.25) is 0 Å². The van der Waals surface area contributed by atoms with Gasteiger partial charge >= 0.3 is 0 Å². The molecule has 2 rings (SSSR count). The molecule has 1 fully saturated rings. The summed E-state index contributed by atoms with van der Waals surface area (Å²) in [5.74, 6) is 0.973. The standard InChI is InChI=1S/C16H22N2O4/c1-21-13-5-7-14(8-6-13)22-12-15(19)17-11-16(20)18-9-3-2-4-10-18/h5-8H,2-4,9-12H2,1H3,(H,17,19). The largest absolute Gasteiger partial charge is 0.497 e. The molecule has 1 aromatic carbocycles. The monoisotopic (exact) mass is 306 g/mol. The third-order valence-corrected chi connectivity index (χ3v) is 3.57. The van der Waals surface area contributed by atoms with Crippen molar-refractivity contribution in [2.24, 2.45) is 0 Å². The van der Waals surface area contributed by atoms with E-state index in [9.17, 15) is 9.59 Å². The molecule has 0 aliphatic carbocycles. The maximum atomic E-state index is 11.9. The summed E-state index contributed by atoms with van der Waals surface area (Å²) < 4.78 is 10.4. The van der Waals surface area contributed by atoms with Crippen LogP contribution in [0, 0.1) is 0 Å². The fourth-order valence-corrected chi connectivity index (χ4v) is 2.30. The van der Waals surface area contributed by atoms with E-state index in [1.54, 1.807) is 36.3 Å². The molecule has 1 aliphatic heterocycles. The lowest BCUT2D eigenvalue weighted by Crippen LogP contribution is -2.43. The van der Waals surface area contributed by atoms with E-state index in [-0.39, 0.29) is 25.0 Å². The van der Waals surface area contributed by atoms with Crippen molar-refractivity contribution in [3.8, 4) is 11.5 Å². The molecule has 0 saturated carbocycles. The van der Waals surface area contributed by atoms with Crippen molar-refractivity contribution in [2.75, 3.05) is 33.4 Å². The Hall–Kier alpha value is -2.24. The summed E-state index contributed by atoms with van der Waals surface area (Å²) in [6.07, 6.45) is 3.26. The Balaban J connectivity index is 1.67. The topological polar surface area (TPSA) is 67.9 Å². The number of hydrogen-bond acceptors (Lipinski definition) is 4. The number of rotatable bonds is 6. The van der Waals surface area contributed by atoms with Gasteiger partial charge in [0.05, 0.1) is 13.7 Å². The molecule has 1 saturated heterocycles. The Morgan fingerprint density at radius 1 is 1.09 bits per heavy atom. The van der Waals surface area contributed by atoms with Crippen molar-refractivity contribution in [3.63, 3.8) is 0 Å². The van der Waals surface area contributed by atoms with Gasteiger partial charge in [0, 0.05) is 13.1 Å². The minimum absolute atomic E-state index is 0.0301. The van der Waals surface area contributed by atoms with E-state index in [2.05, 4.69) is 5.32 Å². The third kappa shape index (κ3) is 4.95. The molecular formula is C16H22N2O4. The SMILES string of the molecule is COc1ccc(OCC(=O)NCC(=O)N2CCCCC2)cc1. The number of ether oxygens (including phenoxy) is 2. The van der Waals surface area contributed by atoms with E-state index >= 15 is 0 Å². The van der Waals surface area contributed by atoms with Gasteiger partial charge in [-0.25, -0.2) is 0 Å². The lowest BCUT2D eigenvalue weighted by Gasteiger charge is -2.26. The summed E-state index contributed by atoms with van der Waals surface area (Å²) in [6, 6.07) is 6.97. The van der Waals surface area contributed by atoms with Crippen LogP contribution in [0.25, 0.3) is 0 Å². The number of piperidine rings is 1. The number of methoxy groups -OCH3 is 1. The second-order valence-corrected chi connectivity index (χ2v) is 5.18. The summed E-state index contributed by atoms with van der Waals surface area (Å²) in [5.41, 5.74) is 0. The Labute approximate surface area is 130 Å². The molecule has 0 bridgehead atoms. The van der Waals surface area contributed by atoms with Crippen molar-refractivity contribution in [1.82, 2.24) is 10.2 Å². The van der Waals surface area contributed by atoms with Crippen LogP contribution in [0.15, 0.2) is 24.3 Å². The summed E-state index contributed by atoms with van der Waals surface area (Å²) in [4.78, 5) is 25.4. The van der Waals surface area contributed by atoms with E-state index in [0.29, 0.717) is 5.75 Å². The second kappa shape index (κ2) is 8.26. The molecule has 6 heteroatoms. The van der Waals surface area contributed by atoms with E-state index in [1.165, 1.54) is 6.42 Å². The van der Waals surface area contributed by atoms with E-state index in [1.807, 2.05) is 0 Å². The Bertz CT molecular complexity index is 495. The van der Waals surface area contributed by atoms with Crippen molar-refractivity contribution in [2.45, 2.75) is 19.3 Å². The zero-order chi connectivity index (χ0) is 15.8. The van der Waals surface area contributed by atoms with Crippen molar-refractivity contribution in [3.05, 3.63) is 24.3 Å².